The van der Waals surface area contributed by atoms with E-state index in [0.717, 1.165) is 21.6 Å². The zero-order chi connectivity index (χ0) is 26.7. The van der Waals surface area contributed by atoms with Gasteiger partial charge in [0.15, 0.2) is 0 Å². The molecule has 0 fully saturated rings. The predicted octanol–water partition coefficient (Wildman–Crippen LogP) is 5.01. The first-order valence-electron chi connectivity index (χ1n) is 12.4. The molecule has 1 unspecified atom stereocenters. The second kappa shape index (κ2) is 10.8. The molecule has 0 radical (unpaired) electrons. The van der Waals surface area contributed by atoms with E-state index in [0.29, 0.717) is 23.7 Å². The van der Waals surface area contributed by atoms with Crippen molar-refractivity contribution >= 4 is 23.6 Å². The molecule has 1 N–H and O–H groups in total. The number of ether oxygens (including phenoxy) is 1. The maximum atomic E-state index is 13.9. The number of hydrogen-bond donors (Lipinski definition) is 1. The van der Waals surface area contributed by atoms with E-state index in [-0.39, 0.29) is 24.9 Å². The van der Waals surface area contributed by atoms with Crippen LogP contribution in [0.2, 0.25) is 0 Å². The molecule has 0 saturated heterocycles. The smallest absolute Gasteiger partial charge is 0.273 e. The van der Waals surface area contributed by atoms with Crippen molar-refractivity contribution in [2.75, 3.05) is 13.4 Å². The molecule has 5 rings (SSSR count). The lowest BCUT2D eigenvalue weighted by atomic mass is 9.94. The Morgan fingerprint density at radius 3 is 2.47 bits per heavy atom. The fourth-order valence-corrected chi connectivity index (χ4v) is 5.18. The maximum Gasteiger partial charge on any atom is 0.273 e. The number of para-hydroxylation sites is 1. The van der Waals surface area contributed by atoms with Crippen LogP contribution in [-0.4, -0.2) is 45.4 Å². The van der Waals surface area contributed by atoms with Gasteiger partial charge in [0, 0.05) is 29.1 Å². The van der Waals surface area contributed by atoms with Crippen LogP contribution >= 0.6 is 11.8 Å². The van der Waals surface area contributed by atoms with Crippen LogP contribution in [0.25, 0.3) is 11.3 Å². The molecule has 7 nitrogen and oxygen atoms in total. The van der Waals surface area contributed by atoms with Crippen LogP contribution in [0.5, 0.6) is 5.75 Å². The minimum absolute atomic E-state index is 0.227. The summed E-state index contributed by atoms with van der Waals surface area (Å²) in [6.07, 6.45) is 2.03. The first-order valence-corrected chi connectivity index (χ1v) is 13.6. The van der Waals surface area contributed by atoms with Crippen molar-refractivity contribution in [2.24, 2.45) is 0 Å². The number of hydrogen-bond acceptors (Lipinski definition) is 5. The second-order valence-corrected chi connectivity index (χ2v) is 10.3. The number of thioether (sulfide) groups is 1. The Hall–Kier alpha value is -4.04. The molecule has 0 aliphatic carbocycles. The summed E-state index contributed by atoms with van der Waals surface area (Å²) < 4.78 is 7.11. The Morgan fingerprint density at radius 1 is 1.05 bits per heavy atom. The largest absolute Gasteiger partial charge is 0.496 e. The summed E-state index contributed by atoms with van der Waals surface area (Å²) in [6.45, 7) is 2.63. The van der Waals surface area contributed by atoms with Crippen LogP contribution in [0.4, 0.5) is 0 Å². The number of rotatable bonds is 8. The van der Waals surface area contributed by atoms with Crippen LogP contribution in [0.3, 0.4) is 0 Å². The minimum atomic E-state index is -1.16. The van der Waals surface area contributed by atoms with Gasteiger partial charge in [0.1, 0.15) is 17.0 Å². The van der Waals surface area contributed by atoms with Gasteiger partial charge in [-0.15, -0.1) is 11.8 Å². The monoisotopic (exact) mass is 526 g/mol. The lowest BCUT2D eigenvalue weighted by Gasteiger charge is -2.43. The Labute approximate surface area is 226 Å². The third-order valence-electron chi connectivity index (χ3n) is 6.99. The van der Waals surface area contributed by atoms with Gasteiger partial charge in [0.05, 0.1) is 19.3 Å². The zero-order valence-corrected chi connectivity index (χ0v) is 22.5. The Bertz CT molecular complexity index is 1450. The van der Waals surface area contributed by atoms with Crippen LogP contribution in [0.1, 0.15) is 28.5 Å². The van der Waals surface area contributed by atoms with E-state index in [1.807, 2.05) is 98.1 Å². The number of benzene rings is 3. The average Bonchev–Trinajstić information content (AvgIpc) is 3.39. The van der Waals surface area contributed by atoms with Crippen molar-refractivity contribution in [2.45, 2.75) is 37.0 Å². The topological polar surface area (TPSA) is 76.5 Å². The molecule has 194 valence electrons. The molecule has 3 aromatic carbocycles. The molecule has 0 bridgehead atoms. The Morgan fingerprint density at radius 2 is 1.76 bits per heavy atom. The normalized spacial score (nSPS) is 16.7. The first kappa shape index (κ1) is 25.6. The van der Waals surface area contributed by atoms with Gasteiger partial charge in [-0.3, -0.25) is 14.3 Å². The van der Waals surface area contributed by atoms with Crippen molar-refractivity contribution in [3.8, 4) is 17.0 Å². The summed E-state index contributed by atoms with van der Waals surface area (Å²) in [4.78, 5) is 30.6. The van der Waals surface area contributed by atoms with Crippen molar-refractivity contribution in [3.05, 3.63) is 102 Å². The minimum Gasteiger partial charge on any atom is -0.496 e. The summed E-state index contributed by atoms with van der Waals surface area (Å²) in [5.74, 6) is 0.222. The van der Waals surface area contributed by atoms with Crippen molar-refractivity contribution in [1.29, 1.82) is 0 Å². The summed E-state index contributed by atoms with van der Waals surface area (Å²) in [7, 11) is 1.61. The molecular weight excluding hydrogens is 496 g/mol. The van der Waals surface area contributed by atoms with Gasteiger partial charge in [-0.2, -0.15) is 5.10 Å². The quantitative estimate of drug-likeness (QED) is 0.327. The molecule has 2 amide bonds. The zero-order valence-electron chi connectivity index (χ0n) is 21.7. The number of nitrogens with zero attached hydrogens (tertiary/aromatic N) is 3. The highest BCUT2D eigenvalue weighted by Gasteiger charge is 2.48. The molecule has 8 heteroatoms. The number of aromatic nitrogens is 2. The molecule has 1 aliphatic rings. The summed E-state index contributed by atoms with van der Waals surface area (Å²) in [5, 5.41) is 7.78. The van der Waals surface area contributed by atoms with Gasteiger partial charge in [0.25, 0.3) is 5.91 Å². The standard InChI is InChI=1S/C30H30N4O3S/c1-30(29(36)31-18-23-11-7-8-12-27(23)37-2)20-34-26(17-25(32-34)22-9-5-4-6-10-22)28(35)33(30)19-21-13-15-24(38-3)16-14-21/h4-17H,18-20H2,1-3H3,(H,31,36). The molecule has 4 aromatic rings. The maximum absolute atomic E-state index is 13.9. The van der Waals surface area contributed by atoms with Crippen molar-refractivity contribution in [3.63, 3.8) is 0 Å². The van der Waals surface area contributed by atoms with E-state index < -0.39 is 5.54 Å². The van der Waals surface area contributed by atoms with Gasteiger partial charge >= 0.3 is 0 Å². The van der Waals surface area contributed by atoms with Crippen LogP contribution < -0.4 is 10.1 Å². The molecule has 0 spiro atoms. The van der Waals surface area contributed by atoms with Crippen LogP contribution in [0.15, 0.2) is 89.8 Å². The lowest BCUT2D eigenvalue weighted by Crippen LogP contribution is -2.63. The average molecular weight is 527 g/mol. The fourth-order valence-electron chi connectivity index (χ4n) is 4.77. The van der Waals surface area contributed by atoms with Gasteiger partial charge in [0.2, 0.25) is 5.91 Å². The van der Waals surface area contributed by atoms with Crippen molar-refractivity contribution in [1.82, 2.24) is 20.0 Å². The van der Waals surface area contributed by atoms with Gasteiger partial charge in [-0.1, -0.05) is 60.7 Å². The summed E-state index contributed by atoms with van der Waals surface area (Å²) in [5.41, 5.74) is 2.75. The first-order chi connectivity index (χ1) is 18.4. The van der Waals surface area contributed by atoms with Gasteiger partial charge in [-0.25, -0.2) is 0 Å². The molecule has 1 atom stereocenters. The van der Waals surface area contributed by atoms with Crippen LogP contribution in [-0.2, 0) is 24.4 Å². The molecule has 1 aromatic heterocycles. The highest BCUT2D eigenvalue weighted by atomic mass is 32.2. The fraction of sp³-hybridized carbons (Fsp3) is 0.233. The number of amides is 2. The van der Waals surface area contributed by atoms with Crippen molar-refractivity contribution < 1.29 is 14.3 Å². The number of fused-ring (bicyclic) bond motifs is 1. The van der Waals surface area contributed by atoms with E-state index in [1.54, 1.807) is 28.5 Å². The van der Waals surface area contributed by atoms with E-state index in [1.165, 1.54) is 0 Å². The molecular formula is C30H30N4O3S. The van der Waals surface area contributed by atoms with Gasteiger partial charge in [-0.05, 0) is 43.0 Å². The summed E-state index contributed by atoms with van der Waals surface area (Å²) in [6, 6.07) is 27.2. The lowest BCUT2D eigenvalue weighted by molar-refractivity contribution is -0.133. The summed E-state index contributed by atoms with van der Waals surface area (Å²) >= 11 is 1.66. The third kappa shape index (κ3) is 4.91. The number of nitrogens with one attached hydrogen (secondary N) is 1. The highest BCUT2D eigenvalue weighted by molar-refractivity contribution is 7.98. The van der Waals surface area contributed by atoms with Gasteiger partial charge < -0.3 is 15.0 Å². The number of methoxy groups -OCH3 is 1. The van der Waals surface area contributed by atoms with E-state index in [9.17, 15) is 9.59 Å². The second-order valence-electron chi connectivity index (χ2n) is 9.45. The SMILES string of the molecule is COc1ccccc1CNC(=O)C1(C)Cn2nc(-c3ccccc3)cc2C(=O)N1Cc1ccc(SC)cc1. The van der Waals surface area contributed by atoms with E-state index in [2.05, 4.69) is 5.32 Å². The molecule has 0 saturated carbocycles. The number of carbonyl (C=O) groups is 2. The predicted molar refractivity (Wildman–Crippen MR) is 149 cm³/mol. The Kier molecular flexibility index (Phi) is 7.24. The number of carbonyl (C=O) groups excluding carboxylic acids is 2. The Balaban J connectivity index is 1.48. The highest BCUT2D eigenvalue weighted by Crippen LogP contribution is 2.32. The molecule has 38 heavy (non-hydrogen) atoms. The molecule has 1 aliphatic heterocycles. The van der Waals surface area contributed by atoms with E-state index in [4.69, 9.17) is 9.84 Å². The molecule has 2 heterocycles. The van der Waals surface area contributed by atoms with E-state index >= 15 is 0 Å². The third-order valence-corrected chi connectivity index (χ3v) is 7.73. The van der Waals surface area contributed by atoms with Crippen LogP contribution in [0, 0.1) is 0 Å².